The van der Waals surface area contributed by atoms with E-state index in [2.05, 4.69) is 29.0 Å². The molecule has 7 heteroatoms. The van der Waals surface area contributed by atoms with Crippen molar-refractivity contribution < 1.29 is 4.42 Å². The molecule has 2 aromatic heterocycles. The molecule has 2 heterocycles. The van der Waals surface area contributed by atoms with Crippen LogP contribution in [-0.2, 0) is 19.5 Å². The van der Waals surface area contributed by atoms with Crippen molar-refractivity contribution in [2.24, 2.45) is 5.92 Å². The molecule has 7 nitrogen and oxygen atoms in total. The summed E-state index contributed by atoms with van der Waals surface area (Å²) in [5.74, 6) is 1.21. The second-order valence-electron chi connectivity index (χ2n) is 4.92. The van der Waals surface area contributed by atoms with E-state index in [0.29, 0.717) is 30.6 Å². The van der Waals surface area contributed by atoms with Crippen molar-refractivity contribution >= 4 is 0 Å². The topological polar surface area (TPSA) is 78.7 Å². The molecular weight excluding hydrogens is 246 g/mol. The van der Waals surface area contributed by atoms with Crippen LogP contribution in [0.3, 0.4) is 0 Å². The zero-order valence-electron chi connectivity index (χ0n) is 11.5. The van der Waals surface area contributed by atoms with E-state index in [9.17, 15) is 4.79 Å². The Balaban J connectivity index is 2.17. The maximum atomic E-state index is 11.7. The van der Waals surface area contributed by atoms with Gasteiger partial charge in [0.25, 0.3) is 0 Å². The molecule has 0 aliphatic rings. The summed E-state index contributed by atoms with van der Waals surface area (Å²) in [4.78, 5) is 15.8. The Kier molecular flexibility index (Phi) is 4.13. The van der Waals surface area contributed by atoms with Crippen LogP contribution < -0.4 is 5.76 Å². The fourth-order valence-corrected chi connectivity index (χ4v) is 1.81. The minimum absolute atomic E-state index is 0.290. The van der Waals surface area contributed by atoms with E-state index in [4.69, 9.17) is 4.42 Å². The second kappa shape index (κ2) is 5.81. The normalized spacial score (nSPS) is 11.4. The summed E-state index contributed by atoms with van der Waals surface area (Å²) in [6.45, 7) is 7.28. The fraction of sp³-hybridized carbons (Fsp3) is 0.667. The Morgan fingerprint density at radius 1 is 1.37 bits per heavy atom. The van der Waals surface area contributed by atoms with Crippen molar-refractivity contribution in [1.82, 2.24) is 24.5 Å². The monoisotopic (exact) mass is 265 g/mol. The first kappa shape index (κ1) is 13.5. The lowest BCUT2D eigenvalue weighted by atomic mass is 10.2. The molecule has 0 aliphatic heterocycles. The maximum Gasteiger partial charge on any atom is 0.437 e. The Morgan fingerprint density at radius 3 is 2.84 bits per heavy atom. The van der Waals surface area contributed by atoms with Gasteiger partial charge in [-0.2, -0.15) is 9.78 Å². The van der Waals surface area contributed by atoms with Crippen LogP contribution in [0.1, 0.15) is 38.9 Å². The number of aromatic nitrogens is 5. The van der Waals surface area contributed by atoms with Crippen molar-refractivity contribution in [3.8, 4) is 0 Å². The average molecular weight is 265 g/mol. The van der Waals surface area contributed by atoms with Gasteiger partial charge in [0.1, 0.15) is 18.7 Å². The molecule has 0 amide bonds. The molecular formula is C12H19N5O2. The predicted octanol–water partition coefficient (Wildman–Crippen LogP) is 1.08. The Bertz CT molecular complexity index is 581. The summed E-state index contributed by atoms with van der Waals surface area (Å²) in [7, 11) is 0. The van der Waals surface area contributed by atoms with Gasteiger partial charge < -0.3 is 4.42 Å². The highest BCUT2D eigenvalue weighted by atomic mass is 16.4. The summed E-state index contributed by atoms with van der Waals surface area (Å²) in [6.07, 6.45) is 3.06. The first-order valence-corrected chi connectivity index (χ1v) is 6.53. The smallest absolute Gasteiger partial charge is 0.392 e. The molecule has 19 heavy (non-hydrogen) atoms. The van der Waals surface area contributed by atoms with Gasteiger partial charge in [-0.3, -0.25) is 0 Å². The number of rotatable bonds is 6. The van der Waals surface area contributed by atoms with Gasteiger partial charge in [0.2, 0.25) is 5.89 Å². The van der Waals surface area contributed by atoms with E-state index >= 15 is 0 Å². The van der Waals surface area contributed by atoms with E-state index in [1.165, 1.54) is 11.0 Å². The highest BCUT2D eigenvalue weighted by molar-refractivity contribution is 4.86. The fourth-order valence-electron chi connectivity index (χ4n) is 1.81. The van der Waals surface area contributed by atoms with Crippen molar-refractivity contribution in [1.29, 1.82) is 0 Å². The standard InChI is InChI=1S/C12H19N5O2/c1-4-5-11-15-17(12(18)19-11)7-10-13-8-14-16(10)6-9(2)3/h8-9H,4-7H2,1-3H3. The van der Waals surface area contributed by atoms with E-state index in [-0.39, 0.29) is 0 Å². The van der Waals surface area contributed by atoms with Crippen LogP contribution >= 0.6 is 0 Å². The summed E-state index contributed by atoms with van der Waals surface area (Å²) in [5, 5.41) is 8.31. The summed E-state index contributed by atoms with van der Waals surface area (Å²) in [5.41, 5.74) is 0. The van der Waals surface area contributed by atoms with Crippen molar-refractivity contribution in [3.63, 3.8) is 0 Å². The molecule has 0 bridgehead atoms. The number of nitrogens with zero attached hydrogens (tertiary/aromatic N) is 5. The number of aryl methyl sites for hydroxylation is 1. The first-order valence-electron chi connectivity index (χ1n) is 6.53. The van der Waals surface area contributed by atoms with Gasteiger partial charge >= 0.3 is 5.76 Å². The Labute approximate surface area is 111 Å². The van der Waals surface area contributed by atoms with Gasteiger partial charge in [-0.05, 0) is 12.3 Å². The summed E-state index contributed by atoms with van der Waals surface area (Å²) in [6, 6.07) is 0. The third-order valence-electron chi connectivity index (χ3n) is 2.64. The predicted molar refractivity (Wildman–Crippen MR) is 68.7 cm³/mol. The van der Waals surface area contributed by atoms with Crippen molar-refractivity contribution in [2.75, 3.05) is 0 Å². The zero-order valence-corrected chi connectivity index (χ0v) is 11.5. The molecule has 0 saturated heterocycles. The van der Waals surface area contributed by atoms with Gasteiger partial charge in [0.05, 0.1) is 0 Å². The summed E-state index contributed by atoms with van der Waals surface area (Å²) < 4.78 is 8.16. The lowest BCUT2D eigenvalue weighted by molar-refractivity contribution is 0.434. The van der Waals surface area contributed by atoms with Gasteiger partial charge in [-0.1, -0.05) is 20.8 Å². The largest absolute Gasteiger partial charge is 0.437 e. The molecule has 0 aliphatic carbocycles. The molecule has 0 unspecified atom stereocenters. The quantitative estimate of drug-likeness (QED) is 0.781. The molecule has 0 saturated carbocycles. The minimum Gasteiger partial charge on any atom is -0.392 e. The molecule has 0 aromatic carbocycles. The first-order chi connectivity index (χ1) is 9.10. The molecule has 0 radical (unpaired) electrons. The minimum atomic E-state index is -0.442. The van der Waals surface area contributed by atoms with Gasteiger partial charge in [-0.25, -0.2) is 14.5 Å². The van der Waals surface area contributed by atoms with Crippen LogP contribution in [0, 0.1) is 5.92 Å². The van der Waals surface area contributed by atoms with E-state index < -0.39 is 5.76 Å². The van der Waals surface area contributed by atoms with Crippen LogP contribution in [0.25, 0.3) is 0 Å². The Hall–Kier alpha value is -1.92. The zero-order chi connectivity index (χ0) is 13.8. The SMILES string of the molecule is CCCc1nn(Cc2ncnn2CC(C)C)c(=O)o1. The molecule has 0 fully saturated rings. The van der Waals surface area contributed by atoms with Crippen LogP contribution in [0.4, 0.5) is 0 Å². The van der Waals surface area contributed by atoms with Crippen LogP contribution in [0.15, 0.2) is 15.5 Å². The molecule has 2 rings (SSSR count). The lowest BCUT2D eigenvalue weighted by Gasteiger charge is -2.07. The number of hydrogen-bond acceptors (Lipinski definition) is 5. The van der Waals surface area contributed by atoms with E-state index in [1.54, 1.807) is 4.68 Å². The van der Waals surface area contributed by atoms with Crippen LogP contribution in [0.2, 0.25) is 0 Å². The van der Waals surface area contributed by atoms with Crippen LogP contribution in [0.5, 0.6) is 0 Å². The van der Waals surface area contributed by atoms with Crippen LogP contribution in [-0.4, -0.2) is 24.5 Å². The average Bonchev–Trinajstić information content (AvgIpc) is 2.88. The summed E-state index contributed by atoms with van der Waals surface area (Å²) >= 11 is 0. The van der Waals surface area contributed by atoms with Gasteiger partial charge in [0.15, 0.2) is 0 Å². The molecule has 0 spiro atoms. The molecule has 2 aromatic rings. The van der Waals surface area contributed by atoms with Gasteiger partial charge in [-0.15, -0.1) is 5.10 Å². The van der Waals surface area contributed by atoms with E-state index in [1.807, 2.05) is 6.92 Å². The maximum absolute atomic E-state index is 11.7. The highest BCUT2D eigenvalue weighted by Crippen LogP contribution is 2.03. The van der Waals surface area contributed by atoms with E-state index in [0.717, 1.165) is 13.0 Å². The molecule has 0 N–H and O–H groups in total. The number of hydrogen-bond donors (Lipinski definition) is 0. The lowest BCUT2D eigenvalue weighted by Crippen LogP contribution is -2.20. The second-order valence-corrected chi connectivity index (χ2v) is 4.92. The highest BCUT2D eigenvalue weighted by Gasteiger charge is 2.12. The Morgan fingerprint density at radius 2 is 2.16 bits per heavy atom. The third kappa shape index (κ3) is 3.30. The van der Waals surface area contributed by atoms with Gasteiger partial charge in [0, 0.05) is 13.0 Å². The third-order valence-corrected chi connectivity index (χ3v) is 2.64. The van der Waals surface area contributed by atoms with Crippen molar-refractivity contribution in [3.05, 3.63) is 28.6 Å². The molecule has 0 atom stereocenters. The van der Waals surface area contributed by atoms with Crippen molar-refractivity contribution in [2.45, 2.75) is 46.7 Å². The molecule has 104 valence electrons.